The minimum Gasteiger partial charge on any atom is -0.386 e. The number of aliphatic hydroxyl groups excluding tert-OH is 1. The van der Waals surface area contributed by atoms with Gasteiger partial charge in [0.15, 0.2) is 17.4 Å². The number of H-pyrrole nitrogens is 1. The first kappa shape index (κ1) is 24.4. The SMILES string of the molecule is Nc1nc2c(ncn2[C@@H]2O[C@](CCl)(COCc3ccccc3)[C@@H](OCc3ccccc3)[C@H]2O)c(=O)[nH]1. The fraction of sp³-hybridized carbons (Fsp3) is 0.320. The summed E-state index contributed by atoms with van der Waals surface area (Å²) in [5.41, 5.74) is 6.23. The molecule has 0 bridgehead atoms. The Morgan fingerprint density at radius 2 is 1.78 bits per heavy atom. The van der Waals surface area contributed by atoms with Crippen molar-refractivity contribution in [3.63, 3.8) is 0 Å². The van der Waals surface area contributed by atoms with Crippen LogP contribution in [0.1, 0.15) is 17.4 Å². The molecule has 1 saturated heterocycles. The van der Waals surface area contributed by atoms with Crippen molar-refractivity contribution in [1.29, 1.82) is 0 Å². The van der Waals surface area contributed by atoms with E-state index in [1.54, 1.807) is 0 Å². The van der Waals surface area contributed by atoms with Gasteiger partial charge >= 0.3 is 0 Å². The molecule has 11 heteroatoms. The number of hydrogen-bond acceptors (Lipinski definition) is 8. The molecule has 188 valence electrons. The summed E-state index contributed by atoms with van der Waals surface area (Å²) in [7, 11) is 0. The smallest absolute Gasteiger partial charge is 0.280 e. The van der Waals surface area contributed by atoms with Crippen molar-refractivity contribution in [2.75, 3.05) is 18.2 Å². The highest BCUT2D eigenvalue weighted by Crippen LogP contribution is 2.41. The van der Waals surface area contributed by atoms with Gasteiger partial charge in [0.05, 0.1) is 32.0 Å². The predicted molar refractivity (Wildman–Crippen MR) is 133 cm³/mol. The number of nitrogen functional groups attached to an aromatic ring is 1. The van der Waals surface area contributed by atoms with Gasteiger partial charge in [-0.2, -0.15) is 4.98 Å². The number of anilines is 1. The molecule has 0 radical (unpaired) electrons. The Morgan fingerprint density at radius 1 is 1.11 bits per heavy atom. The number of aromatic nitrogens is 4. The third-order valence-electron chi connectivity index (χ3n) is 6.16. The van der Waals surface area contributed by atoms with Gasteiger partial charge in [-0.3, -0.25) is 14.3 Å². The Balaban J connectivity index is 1.45. The summed E-state index contributed by atoms with van der Waals surface area (Å²) < 4.78 is 20.1. The van der Waals surface area contributed by atoms with E-state index in [0.29, 0.717) is 6.61 Å². The lowest BCUT2D eigenvalue weighted by Crippen LogP contribution is -2.50. The number of nitrogens with one attached hydrogen (secondary N) is 1. The summed E-state index contributed by atoms with van der Waals surface area (Å²) in [5.74, 6) is -0.0918. The van der Waals surface area contributed by atoms with E-state index in [0.717, 1.165) is 11.1 Å². The topological polar surface area (TPSA) is 138 Å². The number of imidazole rings is 1. The van der Waals surface area contributed by atoms with Crippen LogP contribution in [0, 0.1) is 0 Å². The van der Waals surface area contributed by atoms with E-state index in [9.17, 15) is 9.90 Å². The molecule has 1 aliphatic heterocycles. The fourth-order valence-corrected chi connectivity index (χ4v) is 4.67. The summed E-state index contributed by atoms with van der Waals surface area (Å²) in [6, 6.07) is 19.3. The van der Waals surface area contributed by atoms with Gasteiger partial charge in [-0.15, -0.1) is 11.6 Å². The maximum Gasteiger partial charge on any atom is 0.280 e. The molecule has 0 aliphatic carbocycles. The molecule has 36 heavy (non-hydrogen) atoms. The van der Waals surface area contributed by atoms with Crippen LogP contribution >= 0.6 is 11.6 Å². The van der Waals surface area contributed by atoms with Crippen LogP contribution in [0.25, 0.3) is 11.2 Å². The fourth-order valence-electron chi connectivity index (χ4n) is 4.38. The number of nitrogens with two attached hydrogens (primary N) is 1. The van der Waals surface area contributed by atoms with Crippen LogP contribution in [0.4, 0.5) is 5.95 Å². The predicted octanol–water partition coefficient (Wildman–Crippen LogP) is 2.37. The normalized spacial score (nSPS) is 23.9. The third kappa shape index (κ3) is 4.73. The molecule has 0 unspecified atom stereocenters. The number of fused-ring (bicyclic) bond motifs is 1. The molecule has 10 nitrogen and oxygen atoms in total. The number of aromatic amines is 1. The number of hydrogen-bond donors (Lipinski definition) is 3. The number of benzene rings is 2. The monoisotopic (exact) mass is 511 g/mol. The summed E-state index contributed by atoms with van der Waals surface area (Å²) >= 11 is 6.47. The standard InChI is InChI=1S/C25H26ClN5O5/c26-13-25(14-34-11-16-7-3-1-4-8-16)20(35-12-17-9-5-2-6-10-17)19(32)23(36-25)31-15-28-18-21(31)29-24(27)30-22(18)33/h1-10,15,19-20,23,32H,11-14H2,(H3,27,29,30,33)/t19-,20+,23-,25-/m1/s1. The molecule has 3 heterocycles. The Bertz CT molecular complexity index is 1370. The van der Waals surface area contributed by atoms with Gasteiger partial charge in [0.25, 0.3) is 5.56 Å². The highest BCUT2D eigenvalue weighted by molar-refractivity contribution is 6.18. The van der Waals surface area contributed by atoms with Crippen molar-refractivity contribution in [2.45, 2.75) is 37.3 Å². The van der Waals surface area contributed by atoms with Gasteiger partial charge < -0.3 is 25.1 Å². The summed E-state index contributed by atoms with van der Waals surface area (Å²) in [4.78, 5) is 23.0. The molecule has 2 aromatic carbocycles. The lowest BCUT2D eigenvalue weighted by molar-refractivity contribution is -0.143. The van der Waals surface area contributed by atoms with Crippen molar-refractivity contribution in [1.82, 2.24) is 19.5 Å². The largest absolute Gasteiger partial charge is 0.386 e. The maximum atomic E-state index is 12.3. The highest BCUT2D eigenvalue weighted by Gasteiger charge is 2.56. The summed E-state index contributed by atoms with van der Waals surface area (Å²) in [6.07, 6.45) is -1.65. The van der Waals surface area contributed by atoms with E-state index < -0.39 is 29.6 Å². The highest BCUT2D eigenvalue weighted by atomic mass is 35.5. The van der Waals surface area contributed by atoms with E-state index in [2.05, 4.69) is 15.0 Å². The second-order valence-electron chi connectivity index (χ2n) is 8.67. The number of ether oxygens (including phenoxy) is 3. The van der Waals surface area contributed by atoms with Crippen LogP contribution in [0.5, 0.6) is 0 Å². The average Bonchev–Trinajstić information content (AvgIpc) is 3.43. The van der Waals surface area contributed by atoms with Crippen molar-refractivity contribution < 1.29 is 19.3 Å². The zero-order chi connectivity index (χ0) is 25.1. The zero-order valence-electron chi connectivity index (χ0n) is 19.3. The molecule has 0 spiro atoms. The Kier molecular flexibility index (Phi) is 7.04. The molecule has 4 aromatic rings. The molecule has 2 aromatic heterocycles. The van der Waals surface area contributed by atoms with E-state index in [1.807, 2.05) is 60.7 Å². The molecule has 1 fully saturated rings. The molecule has 0 saturated carbocycles. The van der Waals surface area contributed by atoms with Gasteiger partial charge in [0.1, 0.15) is 17.8 Å². The molecular weight excluding hydrogens is 486 g/mol. The van der Waals surface area contributed by atoms with Crippen LogP contribution in [0.15, 0.2) is 71.8 Å². The van der Waals surface area contributed by atoms with Crippen LogP contribution < -0.4 is 11.3 Å². The number of aliphatic hydroxyl groups is 1. The Morgan fingerprint density at radius 3 is 2.44 bits per heavy atom. The minimum atomic E-state index is -1.20. The first-order chi connectivity index (χ1) is 17.5. The minimum absolute atomic E-state index is 0.0163. The molecule has 4 N–H and O–H groups in total. The number of rotatable bonds is 9. The number of halogens is 1. The van der Waals surface area contributed by atoms with Gasteiger partial charge in [-0.25, -0.2) is 4.98 Å². The first-order valence-corrected chi connectivity index (χ1v) is 12.0. The van der Waals surface area contributed by atoms with Crippen molar-refractivity contribution in [2.24, 2.45) is 0 Å². The molecule has 5 rings (SSSR count). The van der Waals surface area contributed by atoms with Gasteiger partial charge in [-0.05, 0) is 11.1 Å². The average molecular weight is 512 g/mol. The van der Waals surface area contributed by atoms with E-state index in [-0.39, 0.29) is 36.2 Å². The molecule has 1 aliphatic rings. The molecular formula is C25H26ClN5O5. The van der Waals surface area contributed by atoms with Gasteiger partial charge in [0.2, 0.25) is 5.95 Å². The Labute approximate surface area is 211 Å². The maximum absolute atomic E-state index is 12.3. The van der Waals surface area contributed by atoms with Gasteiger partial charge in [0, 0.05) is 0 Å². The number of nitrogens with zero attached hydrogens (tertiary/aromatic N) is 3. The molecule has 0 amide bonds. The quantitative estimate of drug-likeness (QED) is 0.291. The lowest BCUT2D eigenvalue weighted by atomic mass is 9.97. The van der Waals surface area contributed by atoms with E-state index >= 15 is 0 Å². The van der Waals surface area contributed by atoms with E-state index in [4.69, 9.17) is 31.5 Å². The lowest BCUT2D eigenvalue weighted by Gasteiger charge is -2.32. The second-order valence-corrected chi connectivity index (χ2v) is 8.94. The molecule has 4 atom stereocenters. The summed E-state index contributed by atoms with van der Waals surface area (Å²) in [5, 5.41) is 11.4. The first-order valence-electron chi connectivity index (χ1n) is 11.4. The second kappa shape index (κ2) is 10.4. The van der Waals surface area contributed by atoms with Crippen LogP contribution in [0.3, 0.4) is 0 Å². The van der Waals surface area contributed by atoms with Crippen LogP contribution in [0.2, 0.25) is 0 Å². The summed E-state index contributed by atoms with van der Waals surface area (Å²) in [6.45, 7) is 0.614. The van der Waals surface area contributed by atoms with E-state index in [1.165, 1.54) is 10.9 Å². The number of alkyl halides is 1. The van der Waals surface area contributed by atoms with Crippen LogP contribution in [-0.2, 0) is 27.4 Å². The third-order valence-corrected chi connectivity index (χ3v) is 6.61. The van der Waals surface area contributed by atoms with Crippen molar-refractivity contribution >= 4 is 28.7 Å². The van der Waals surface area contributed by atoms with Crippen LogP contribution in [-0.4, -0.2) is 54.9 Å². The van der Waals surface area contributed by atoms with Crippen molar-refractivity contribution in [3.8, 4) is 0 Å². The Hall–Kier alpha value is -3.28. The zero-order valence-corrected chi connectivity index (χ0v) is 20.0. The van der Waals surface area contributed by atoms with Gasteiger partial charge in [-0.1, -0.05) is 60.7 Å². The van der Waals surface area contributed by atoms with Crippen molar-refractivity contribution in [3.05, 3.63) is 88.5 Å².